The van der Waals surface area contributed by atoms with Gasteiger partial charge >= 0.3 is 5.97 Å². The minimum Gasteiger partial charge on any atom is -0.497 e. The lowest BCUT2D eigenvalue weighted by atomic mass is 10.0. The standard InChI is InChI=1S/C15H11ClF2O3/c1-21-9-6-12(17)15(13(18)7-9)10-3-2-8(4-11(10)16)5-14(19)20/h2-4,6-7H,5H2,1H3,(H,19,20). The molecule has 1 N–H and O–H groups in total. The molecule has 21 heavy (non-hydrogen) atoms. The lowest BCUT2D eigenvalue weighted by Gasteiger charge is -2.10. The van der Waals surface area contributed by atoms with Crippen LogP contribution >= 0.6 is 11.6 Å². The summed E-state index contributed by atoms with van der Waals surface area (Å²) >= 11 is 6.01. The van der Waals surface area contributed by atoms with Crippen LogP contribution in [0.3, 0.4) is 0 Å². The maximum atomic E-state index is 14.0. The number of rotatable bonds is 4. The summed E-state index contributed by atoms with van der Waals surface area (Å²) in [6, 6.07) is 6.36. The van der Waals surface area contributed by atoms with Crippen molar-refractivity contribution in [2.45, 2.75) is 6.42 Å². The van der Waals surface area contributed by atoms with Crippen molar-refractivity contribution in [1.29, 1.82) is 0 Å². The molecule has 0 saturated heterocycles. The number of benzene rings is 2. The number of aliphatic carboxylic acids is 1. The van der Waals surface area contributed by atoms with Crippen LogP contribution in [0.1, 0.15) is 5.56 Å². The van der Waals surface area contributed by atoms with Crippen LogP contribution in [0.15, 0.2) is 30.3 Å². The smallest absolute Gasteiger partial charge is 0.307 e. The molecule has 0 aromatic heterocycles. The Kier molecular flexibility index (Phi) is 4.43. The minimum atomic E-state index is -1.01. The van der Waals surface area contributed by atoms with E-state index in [-0.39, 0.29) is 28.3 Å². The summed E-state index contributed by atoms with van der Waals surface area (Å²) in [5.41, 5.74) is 0.330. The van der Waals surface area contributed by atoms with Crippen LogP contribution in [0.2, 0.25) is 5.02 Å². The van der Waals surface area contributed by atoms with E-state index in [1.807, 2.05) is 0 Å². The molecule has 6 heteroatoms. The summed E-state index contributed by atoms with van der Waals surface area (Å²) < 4.78 is 32.8. The molecule has 0 aliphatic carbocycles. The molecule has 0 amide bonds. The monoisotopic (exact) mass is 312 g/mol. The first kappa shape index (κ1) is 15.3. The van der Waals surface area contributed by atoms with Crippen molar-refractivity contribution in [1.82, 2.24) is 0 Å². The molecule has 0 atom stereocenters. The molecular weight excluding hydrogens is 302 g/mol. The van der Waals surface area contributed by atoms with Crippen LogP contribution in [0.5, 0.6) is 5.75 Å². The number of carbonyl (C=O) groups is 1. The molecule has 0 aliphatic heterocycles. The number of ether oxygens (including phenoxy) is 1. The van der Waals surface area contributed by atoms with Gasteiger partial charge in [0.15, 0.2) is 0 Å². The van der Waals surface area contributed by atoms with Crippen LogP contribution in [-0.4, -0.2) is 18.2 Å². The van der Waals surface area contributed by atoms with E-state index in [4.69, 9.17) is 21.4 Å². The molecule has 0 bridgehead atoms. The second-order valence-corrected chi connectivity index (χ2v) is 4.76. The maximum absolute atomic E-state index is 14.0. The molecule has 110 valence electrons. The fraction of sp³-hybridized carbons (Fsp3) is 0.133. The lowest BCUT2D eigenvalue weighted by molar-refractivity contribution is -0.136. The second-order valence-electron chi connectivity index (χ2n) is 4.35. The van der Waals surface area contributed by atoms with Gasteiger partial charge in [-0.2, -0.15) is 0 Å². The summed E-state index contributed by atoms with van der Waals surface area (Å²) in [6.07, 6.45) is -0.215. The minimum absolute atomic E-state index is 0.0624. The van der Waals surface area contributed by atoms with Crippen LogP contribution in [0, 0.1) is 11.6 Å². The lowest BCUT2D eigenvalue weighted by Crippen LogP contribution is -2.00. The number of hydrogen-bond donors (Lipinski definition) is 1. The van der Waals surface area contributed by atoms with Crippen molar-refractivity contribution in [3.8, 4) is 16.9 Å². The van der Waals surface area contributed by atoms with Crippen LogP contribution < -0.4 is 4.74 Å². The predicted molar refractivity (Wildman–Crippen MR) is 74.7 cm³/mol. The van der Waals surface area contributed by atoms with E-state index in [1.165, 1.54) is 25.3 Å². The highest BCUT2D eigenvalue weighted by Gasteiger charge is 2.17. The SMILES string of the molecule is COc1cc(F)c(-c2ccc(CC(=O)O)cc2Cl)c(F)c1. The van der Waals surface area contributed by atoms with E-state index in [0.29, 0.717) is 5.56 Å². The Labute approximate surface area is 124 Å². The molecule has 2 aromatic rings. The second kappa shape index (κ2) is 6.10. The van der Waals surface area contributed by atoms with Crippen molar-refractivity contribution in [2.24, 2.45) is 0 Å². The van der Waals surface area contributed by atoms with Crippen LogP contribution in [0.4, 0.5) is 8.78 Å². The number of halogens is 3. The van der Waals surface area contributed by atoms with Crippen molar-refractivity contribution in [2.75, 3.05) is 7.11 Å². The van der Waals surface area contributed by atoms with Gasteiger partial charge in [-0.05, 0) is 11.6 Å². The van der Waals surface area contributed by atoms with E-state index in [1.54, 1.807) is 0 Å². The molecular formula is C15H11ClF2O3. The third kappa shape index (κ3) is 3.31. The van der Waals surface area contributed by atoms with Gasteiger partial charge in [0, 0.05) is 22.7 Å². The van der Waals surface area contributed by atoms with Gasteiger partial charge < -0.3 is 9.84 Å². The number of hydrogen-bond acceptors (Lipinski definition) is 2. The quantitative estimate of drug-likeness (QED) is 0.930. The average molecular weight is 313 g/mol. The summed E-state index contributed by atoms with van der Waals surface area (Å²) in [4.78, 5) is 10.6. The van der Waals surface area contributed by atoms with Gasteiger partial charge in [-0.1, -0.05) is 23.7 Å². The molecule has 0 unspecified atom stereocenters. The first-order valence-corrected chi connectivity index (χ1v) is 6.33. The Morgan fingerprint density at radius 1 is 1.24 bits per heavy atom. The van der Waals surface area contributed by atoms with Crippen molar-refractivity contribution >= 4 is 17.6 Å². The number of methoxy groups -OCH3 is 1. The van der Waals surface area contributed by atoms with Gasteiger partial charge in [-0.3, -0.25) is 4.79 Å². The van der Waals surface area contributed by atoms with E-state index in [9.17, 15) is 13.6 Å². The Bertz CT molecular complexity index is 678. The Hall–Kier alpha value is -2.14. The van der Waals surface area contributed by atoms with Gasteiger partial charge in [0.05, 0.1) is 19.1 Å². The summed E-state index contributed by atoms with van der Waals surface area (Å²) in [5.74, 6) is -2.56. The maximum Gasteiger partial charge on any atom is 0.307 e. The highest BCUT2D eigenvalue weighted by Crippen LogP contribution is 2.34. The van der Waals surface area contributed by atoms with Gasteiger partial charge in [0.25, 0.3) is 0 Å². The predicted octanol–water partition coefficient (Wildman–Crippen LogP) is 3.92. The van der Waals surface area contributed by atoms with E-state index < -0.39 is 17.6 Å². The average Bonchev–Trinajstić information content (AvgIpc) is 2.39. The molecule has 2 rings (SSSR count). The largest absolute Gasteiger partial charge is 0.497 e. The first-order valence-electron chi connectivity index (χ1n) is 5.96. The molecule has 0 fully saturated rings. The molecule has 0 spiro atoms. The molecule has 2 aromatic carbocycles. The fourth-order valence-electron chi connectivity index (χ4n) is 1.97. The molecule has 0 saturated carbocycles. The first-order chi connectivity index (χ1) is 9.92. The molecule has 0 radical (unpaired) electrons. The number of carboxylic acids is 1. The zero-order valence-corrected chi connectivity index (χ0v) is 11.7. The van der Waals surface area contributed by atoms with Gasteiger partial charge in [0.2, 0.25) is 0 Å². The Morgan fingerprint density at radius 3 is 2.33 bits per heavy atom. The highest BCUT2D eigenvalue weighted by molar-refractivity contribution is 6.33. The normalized spacial score (nSPS) is 10.5. The summed E-state index contributed by atoms with van der Waals surface area (Å²) in [5, 5.41) is 8.79. The van der Waals surface area contributed by atoms with Crippen molar-refractivity contribution in [3.63, 3.8) is 0 Å². The van der Waals surface area contributed by atoms with Gasteiger partial charge in [-0.15, -0.1) is 0 Å². The molecule has 0 aliphatic rings. The van der Waals surface area contributed by atoms with Gasteiger partial charge in [-0.25, -0.2) is 8.78 Å². The Morgan fingerprint density at radius 2 is 1.86 bits per heavy atom. The van der Waals surface area contributed by atoms with Crippen molar-refractivity contribution < 1.29 is 23.4 Å². The van der Waals surface area contributed by atoms with E-state index >= 15 is 0 Å². The van der Waals surface area contributed by atoms with Crippen molar-refractivity contribution in [3.05, 3.63) is 52.6 Å². The van der Waals surface area contributed by atoms with E-state index in [2.05, 4.69) is 0 Å². The fourth-order valence-corrected chi connectivity index (χ4v) is 2.27. The summed E-state index contributed by atoms with van der Waals surface area (Å²) in [6.45, 7) is 0. The van der Waals surface area contributed by atoms with E-state index in [0.717, 1.165) is 12.1 Å². The summed E-state index contributed by atoms with van der Waals surface area (Å²) in [7, 11) is 1.31. The topological polar surface area (TPSA) is 46.5 Å². The molecule has 0 heterocycles. The third-order valence-corrected chi connectivity index (χ3v) is 3.22. The van der Waals surface area contributed by atoms with Crippen LogP contribution in [-0.2, 0) is 11.2 Å². The third-order valence-electron chi connectivity index (χ3n) is 2.91. The van der Waals surface area contributed by atoms with Crippen LogP contribution in [0.25, 0.3) is 11.1 Å². The zero-order valence-electron chi connectivity index (χ0n) is 11.0. The Balaban J connectivity index is 2.50. The van der Waals surface area contributed by atoms with Gasteiger partial charge in [0.1, 0.15) is 17.4 Å². The molecule has 3 nitrogen and oxygen atoms in total. The highest BCUT2D eigenvalue weighted by atomic mass is 35.5. The zero-order chi connectivity index (χ0) is 15.6. The number of carboxylic acid groups (broad SMARTS) is 1.